The van der Waals surface area contributed by atoms with E-state index in [9.17, 15) is 0 Å². The monoisotopic (exact) mass is 143 g/mol. The van der Waals surface area contributed by atoms with Crippen molar-refractivity contribution in [3.63, 3.8) is 0 Å². The van der Waals surface area contributed by atoms with Gasteiger partial charge in [0.15, 0.2) is 0 Å². The van der Waals surface area contributed by atoms with Crippen molar-refractivity contribution in [3.05, 3.63) is 12.3 Å². The lowest BCUT2D eigenvalue weighted by Crippen LogP contribution is -2.20. The van der Waals surface area contributed by atoms with Crippen LogP contribution in [0.4, 0.5) is 0 Å². The van der Waals surface area contributed by atoms with Gasteiger partial charge in [-0.15, -0.1) is 0 Å². The lowest BCUT2D eigenvalue weighted by atomic mass is 10.1. The molecule has 0 aliphatic carbocycles. The molecule has 0 aromatic rings. The van der Waals surface area contributed by atoms with E-state index in [-0.39, 0.29) is 0 Å². The molecule has 0 spiro atoms. The molecule has 60 valence electrons. The molecule has 0 saturated carbocycles. The van der Waals surface area contributed by atoms with Crippen molar-refractivity contribution in [2.75, 3.05) is 20.7 Å². The lowest BCUT2D eigenvalue weighted by Gasteiger charge is -2.15. The fourth-order valence-electron chi connectivity index (χ4n) is 0.899. The average Bonchev–Trinajstić information content (AvgIpc) is 1.99. The zero-order valence-corrected chi connectivity index (χ0v) is 7.11. The molecule has 10 heavy (non-hydrogen) atoms. The molecular weight excluding hydrogens is 126 g/mol. The van der Waals surface area contributed by atoms with Crippen LogP contribution in [0, 0.1) is 5.92 Å². The largest absolute Gasteiger partial charge is 0.501 e. The maximum Gasteiger partial charge on any atom is 0.0927 e. The standard InChI is InChI=1S/C8H17NO/c1-5-8(6-9-3)7(2)10-4/h8-9H,2,5-6H2,1,3-4H3/t8-/m1/s1. The Bertz CT molecular complexity index is 101. The van der Waals surface area contributed by atoms with Crippen LogP contribution in [0.1, 0.15) is 13.3 Å². The highest BCUT2D eigenvalue weighted by atomic mass is 16.5. The van der Waals surface area contributed by atoms with Crippen LogP contribution in [-0.4, -0.2) is 20.7 Å². The van der Waals surface area contributed by atoms with Gasteiger partial charge in [-0.3, -0.25) is 0 Å². The molecule has 0 amide bonds. The highest BCUT2D eigenvalue weighted by Gasteiger charge is 2.08. The second-order valence-corrected chi connectivity index (χ2v) is 2.33. The van der Waals surface area contributed by atoms with Gasteiger partial charge in [-0.1, -0.05) is 13.5 Å². The van der Waals surface area contributed by atoms with E-state index in [0.717, 1.165) is 18.7 Å². The third kappa shape index (κ3) is 2.87. The highest BCUT2D eigenvalue weighted by Crippen LogP contribution is 2.11. The summed E-state index contributed by atoms with van der Waals surface area (Å²) in [5, 5.41) is 3.09. The molecule has 2 nitrogen and oxygen atoms in total. The molecule has 0 aromatic heterocycles. The van der Waals surface area contributed by atoms with Crippen LogP contribution in [-0.2, 0) is 4.74 Å². The van der Waals surface area contributed by atoms with Crippen molar-refractivity contribution in [1.82, 2.24) is 5.32 Å². The minimum Gasteiger partial charge on any atom is -0.501 e. The molecule has 0 fully saturated rings. The smallest absolute Gasteiger partial charge is 0.0927 e. The van der Waals surface area contributed by atoms with Gasteiger partial charge >= 0.3 is 0 Å². The SMILES string of the molecule is C=C(OC)[C@H](CC)CNC. The summed E-state index contributed by atoms with van der Waals surface area (Å²) >= 11 is 0. The Kier molecular flexibility index (Phi) is 5.03. The van der Waals surface area contributed by atoms with Gasteiger partial charge < -0.3 is 10.1 Å². The van der Waals surface area contributed by atoms with E-state index in [1.807, 2.05) is 7.05 Å². The molecule has 2 heteroatoms. The van der Waals surface area contributed by atoms with Crippen LogP contribution in [0.2, 0.25) is 0 Å². The van der Waals surface area contributed by atoms with Gasteiger partial charge in [0.1, 0.15) is 0 Å². The molecule has 0 rings (SSSR count). The van der Waals surface area contributed by atoms with E-state index in [0.29, 0.717) is 5.92 Å². The quantitative estimate of drug-likeness (QED) is 0.587. The predicted octanol–water partition coefficient (Wildman–Crippen LogP) is 1.39. The second kappa shape index (κ2) is 5.30. The first-order valence-electron chi connectivity index (χ1n) is 3.63. The number of ether oxygens (including phenoxy) is 1. The predicted molar refractivity (Wildman–Crippen MR) is 43.9 cm³/mol. The Hall–Kier alpha value is -0.500. The van der Waals surface area contributed by atoms with E-state index >= 15 is 0 Å². The first-order chi connectivity index (χ1) is 4.76. The number of hydrogen-bond acceptors (Lipinski definition) is 2. The topological polar surface area (TPSA) is 21.3 Å². The van der Waals surface area contributed by atoms with Gasteiger partial charge in [-0.25, -0.2) is 0 Å². The molecule has 0 radical (unpaired) electrons. The number of methoxy groups -OCH3 is 1. The highest BCUT2D eigenvalue weighted by molar-refractivity contribution is 4.90. The van der Waals surface area contributed by atoms with Crippen LogP contribution < -0.4 is 5.32 Å². The van der Waals surface area contributed by atoms with Gasteiger partial charge in [0.05, 0.1) is 12.9 Å². The minimum absolute atomic E-state index is 0.454. The van der Waals surface area contributed by atoms with E-state index in [2.05, 4.69) is 18.8 Å². The Morgan fingerprint density at radius 3 is 2.60 bits per heavy atom. The van der Waals surface area contributed by atoms with Crippen molar-refractivity contribution in [3.8, 4) is 0 Å². The molecule has 0 heterocycles. The van der Waals surface area contributed by atoms with Gasteiger partial charge in [-0.05, 0) is 13.5 Å². The summed E-state index contributed by atoms with van der Waals surface area (Å²) in [5.74, 6) is 1.33. The van der Waals surface area contributed by atoms with E-state index in [1.54, 1.807) is 7.11 Å². The maximum absolute atomic E-state index is 5.02. The van der Waals surface area contributed by atoms with Crippen LogP contribution in [0.5, 0.6) is 0 Å². The molecule has 0 saturated heterocycles. The molecule has 1 atom stereocenters. The fraction of sp³-hybridized carbons (Fsp3) is 0.750. The molecule has 1 N–H and O–H groups in total. The Morgan fingerprint density at radius 1 is 1.70 bits per heavy atom. The Labute approximate surface area is 63.3 Å². The third-order valence-electron chi connectivity index (χ3n) is 1.66. The number of hydrogen-bond donors (Lipinski definition) is 1. The van der Waals surface area contributed by atoms with E-state index in [4.69, 9.17) is 4.74 Å². The summed E-state index contributed by atoms with van der Waals surface area (Å²) in [4.78, 5) is 0. The number of rotatable bonds is 5. The normalized spacial score (nSPS) is 12.7. The second-order valence-electron chi connectivity index (χ2n) is 2.33. The Balaban J connectivity index is 3.68. The molecule has 0 unspecified atom stereocenters. The molecule has 0 bridgehead atoms. The lowest BCUT2D eigenvalue weighted by molar-refractivity contribution is 0.238. The summed E-state index contributed by atoms with van der Waals surface area (Å²) in [6.07, 6.45) is 1.08. The minimum atomic E-state index is 0.454. The Morgan fingerprint density at radius 2 is 2.30 bits per heavy atom. The van der Waals surface area contributed by atoms with Crippen molar-refractivity contribution in [2.24, 2.45) is 5.92 Å². The van der Waals surface area contributed by atoms with E-state index < -0.39 is 0 Å². The first kappa shape index (κ1) is 9.50. The van der Waals surface area contributed by atoms with Crippen molar-refractivity contribution >= 4 is 0 Å². The van der Waals surface area contributed by atoms with Crippen molar-refractivity contribution in [1.29, 1.82) is 0 Å². The summed E-state index contributed by atoms with van der Waals surface area (Å²) in [5.41, 5.74) is 0. The molecular formula is C8H17NO. The zero-order valence-electron chi connectivity index (χ0n) is 7.11. The molecule has 0 aromatic carbocycles. The van der Waals surface area contributed by atoms with Crippen LogP contribution in [0.3, 0.4) is 0 Å². The summed E-state index contributed by atoms with van der Waals surface area (Å²) in [7, 11) is 3.60. The van der Waals surface area contributed by atoms with E-state index in [1.165, 1.54) is 0 Å². The van der Waals surface area contributed by atoms with Crippen LogP contribution in [0.25, 0.3) is 0 Å². The fourth-order valence-corrected chi connectivity index (χ4v) is 0.899. The zero-order chi connectivity index (χ0) is 7.98. The average molecular weight is 143 g/mol. The molecule has 0 aliphatic heterocycles. The summed E-state index contributed by atoms with van der Waals surface area (Å²) < 4.78 is 5.02. The maximum atomic E-state index is 5.02. The van der Waals surface area contributed by atoms with Crippen molar-refractivity contribution in [2.45, 2.75) is 13.3 Å². The summed E-state index contributed by atoms with van der Waals surface area (Å²) in [6, 6.07) is 0. The number of nitrogens with one attached hydrogen (secondary N) is 1. The summed E-state index contributed by atoms with van der Waals surface area (Å²) in [6.45, 7) is 6.88. The third-order valence-corrected chi connectivity index (χ3v) is 1.66. The van der Waals surface area contributed by atoms with Gasteiger partial charge in [-0.2, -0.15) is 0 Å². The first-order valence-corrected chi connectivity index (χ1v) is 3.63. The van der Waals surface area contributed by atoms with Gasteiger partial charge in [0, 0.05) is 12.5 Å². The molecule has 0 aliphatic rings. The van der Waals surface area contributed by atoms with Crippen molar-refractivity contribution < 1.29 is 4.74 Å². The van der Waals surface area contributed by atoms with Crippen LogP contribution in [0.15, 0.2) is 12.3 Å². The van der Waals surface area contributed by atoms with Gasteiger partial charge in [0.2, 0.25) is 0 Å². The van der Waals surface area contributed by atoms with Crippen LogP contribution >= 0.6 is 0 Å². The van der Waals surface area contributed by atoms with Gasteiger partial charge in [0.25, 0.3) is 0 Å².